The van der Waals surface area contributed by atoms with Crippen LogP contribution in [0.2, 0.25) is 0 Å². The summed E-state index contributed by atoms with van der Waals surface area (Å²) in [5.41, 5.74) is 5.34. The van der Waals surface area contributed by atoms with Crippen LogP contribution < -0.4 is 0 Å². The van der Waals surface area contributed by atoms with Crippen molar-refractivity contribution < 1.29 is 0 Å². The lowest BCUT2D eigenvalue weighted by Crippen LogP contribution is -2.08. The molecule has 0 N–H and O–H groups in total. The molecule has 1 aromatic rings. The summed E-state index contributed by atoms with van der Waals surface area (Å²) in [7, 11) is 0. The molecule has 0 aromatic heterocycles. The summed E-state index contributed by atoms with van der Waals surface area (Å²) in [5.74, 6) is 0.785. The van der Waals surface area contributed by atoms with Crippen molar-refractivity contribution in [3.63, 3.8) is 0 Å². The van der Waals surface area contributed by atoms with Crippen molar-refractivity contribution in [1.29, 1.82) is 0 Å². The molecule has 0 nitrogen and oxygen atoms in total. The summed E-state index contributed by atoms with van der Waals surface area (Å²) in [5, 5.41) is 0. The van der Waals surface area contributed by atoms with Gasteiger partial charge in [0.15, 0.2) is 0 Å². The molecule has 1 atom stereocenters. The van der Waals surface area contributed by atoms with Gasteiger partial charge in [-0.15, -0.1) is 0 Å². The van der Waals surface area contributed by atoms with Crippen LogP contribution in [0.1, 0.15) is 397 Å². The topological polar surface area (TPSA) is 0 Å². The van der Waals surface area contributed by atoms with Gasteiger partial charge in [0, 0.05) is 0 Å². The minimum Gasteiger partial charge on any atom is -0.0654 e. The molecule has 1 aromatic carbocycles. The van der Waals surface area contributed by atoms with E-state index in [1.165, 1.54) is 360 Å². The molecule has 0 aliphatic rings. The third-order valence-electron chi connectivity index (χ3n) is 16.1. The van der Waals surface area contributed by atoms with E-state index in [1.54, 1.807) is 11.1 Å². The molecule has 0 saturated heterocycles. The first-order valence-corrected chi connectivity index (χ1v) is 32.4. The van der Waals surface area contributed by atoms with Gasteiger partial charge in [0.2, 0.25) is 0 Å². The highest BCUT2D eigenvalue weighted by molar-refractivity contribution is 5.38. The van der Waals surface area contributed by atoms with E-state index in [1.807, 2.05) is 5.56 Å². The summed E-state index contributed by atoms with van der Waals surface area (Å²) < 4.78 is 0. The average molecular weight is 934 g/mol. The standard InChI is InChI=1S/C67H128/c1-5-9-13-17-21-23-24-25-26-27-28-29-30-31-32-33-34-35-36-37-38-39-40-41-42-43-44-46-48-51-55-59-64(58-54-50-47-45-22-18-14-10-6-2)67-63-57-61-65(60-53-49-19-15-11-7-3)66(67)62-56-52-20-16-12-8-4/h57,61,63-64H,5-56,58-60,62H2,1-4H3. The van der Waals surface area contributed by atoms with Gasteiger partial charge in [-0.05, 0) is 61.1 Å². The molecule has 396 valence electrons. The third kappa shape index (κ3) is 43.7. The zero-order chi connectivity index (χ0) is 48.0. The molecule has 0 heterocycles. The molecular weight excluding hydrogens is 805 g/mol. The second-order valence-electron chi connectivity index (χ2n) is 22.7. The zero-order valence-corrected chi connectivity index (χ0v) is 47.4. The molecule has 0 bridgehead atoms. The van der Waals surface area contributed by atoms with Gasteiger partial charge in [-0.25, -0.2) is 0 Å². The Balaban J connectivity index is 2.28. The fourth-order valence-corrected chi connectivity index (χ4v) is 11.5. The van der Waals surface area contributed by atoms with E-state index in [2.05, 4.69) is 45.9 Å². The fraction of sp³-hybridized carbons (Fsp3) is 0.910. The molecule has 67 heavy (non-hydrogen) atoms. The Morgan fingerprint density at radius 3 is 0.731 bits per heavy atom. The van der Waals surface area contributed by atoms with E-state index in [-0.39, 0.29) is 0 Å². The van der Waals surface area contributed by atoms with Crippen LogP contribution in [0.4, 0.5) is 0 Å². The molecule has 0 aliphatic heterocycles. The summed E-state index contributed by atoms with van der Waals surface area (Å²) >= 11 is 0. The Labute approximate surface area is 426 Å². The second kappa shape index (κ2) is 54.6. The first-order chi connectivity index (χ1) is 33.3. The highest BCUT2D eigenvalue weighted by atomic mass is 14.2. The second-order valence-corrected chi connectivity index (χ2v) is 22.7. The Hall–Kier alpha value is -0.780. The first kappa shape index (κ1) is 64.2. The van der Waals surface area contributed by atoms with E-state index in [0.717, 1.165) is 5.92 Å². The quantitative estimate of drug-likeness (QED) is 0.0571. The van der Waals surface area contributed by atoms with Crippen LogP contribution in [-0.4, -0.2) is 0 Å². The summed E-state index contributed by atoms with van der Waals surface area (Å²) in [6.07, 6.45) is 81.2. The highest BCUT2D eigenvalue weighted by Gasteiger charge is 2.18. The van der Waals surface area contributed by atoms with E-state index in [9.17, 15) is 0 Å². The van der Waals surface area contributed by atoms with Crippen LogP contribution in [0.15, 0.2) is 18.2 Å². The maximum absolute atomic E-state index is 2.61. The zero-order valence-electron chi connectivity index (χ0n) is 47.4. The van der Waals surface area contributed by atoms with Crippen LogP contribution in [0, 0.1) is 0 Å². The summed E-state index contributed by atoms with van der Waals surface area (Å²) in [6.45, 7) is 9.35. The minimum atomic E-state index is 0.785. The molecule has 0 spiro atoms. The van der Waals surface area contributed by atoms with E-state index >= 15 is 0 Å². The molecule has 1 rings (SSSR count). The summed E-state index contributed by atoms with van der Waals surface area (Å²) in [4.78, 5) is 0. The van der Waals surface area contributed by atoms with Crippen molar-refractivity contribution in [2.45, 2.75) is 393 Å². The third-order valence-corrected chi connectivity index (χ3v) is 16.1. The van der Waals surface area contributed by atoms with Gasteiger partial charge in [-0.3, -0.25) is 0 Å². The fourth-order valence-electron chi connectivity index (χ4n) is 11.5. The van der Waals surface area contributed by atoms with Gasteiger partial charge < -0.3 is 0 Å². The van der Waals surface area contributed by atoms with Gasteiger partial charge in [0.1, 0.15) is 0 Å². The Bertz CT molecular complexity index is 1050. The average Bonchev–Trinajstić information content (AvgIpc) is 3.34. The maximum atomic E-state index is 2.61. The van der Waals surface area contributed by atoms with E-state index in [0.29, 0.717) is 0 Å². The Morgan fingerprint density at radius 2 is 0.463 bits per heavy atom. The predicted molar refractivity (Wildman–Crippen MR) is 309 cm³/mol. The van der Waals surface area contributed by atoms with Crippen molar-refractivity contribution in [2.75, 3.05) is 0 Å². The molecule has 0 saturated carbocycles. The number of hydrogen-bond donors (Lipinski definition) is 0. The predicted octanol–water partition coefficient (Wildman–Crippen LogP) is 25.0. The van der Waals surface area contributed by atoms with Crippen LogP contribution in [0.5, 0.6) is 0 Å². The monoisotopic (exact) mass is 933 g/mol. The van der Waals surface area contributed by atoms with Crippen molar-refractivity contribution in [3.05, 3.63) is 34.9 Å². The van der Waals surface area contributed by atoms with Gasteiger partial charge in [0.25, 0.3) is 0 Å². The van der Waals surface area contributed by atoms with Crippen molar-refractivity contribution in [1.82, 2.24) is 0 Å². The van der Waals surface area contributed by atoms with Gasteiger partial charge in [0.05, 0.1) is 0 Å². The number of hydrogen-bond acceptors (Lipinski definition) is 0. The Kier molecular flexibility index (Phi) is 52.3. The van der Waals surface area contributed by atoms with Crippen molar-refractivity contribution >= 4 is 0 Å². The Morgan fingerprint density at radius 1 is 0.239 bits per heavy atom. The first-order valence-electron chi connectivity index (χ1n) is 32.4. The lowest BCUT2D eigenvalue weighted by molar-refractivity contribution is 0.477. The molecule has 0 aliphatic carbocycles. The number of rotatable bonds is 57. The molecule has 1 unspecified atom stereocenters. The molecule has 0 amide bonds. The van der Waals surface area contributed by atoms with Gasteiger partial charge in [-0.2, -0.15) is 0 Å². The van der Waals surface area contributed by atoms with E-state index in [4.69, 9.17) is 0 Å². The van der Waals surface area contributed by atoms with Crippen LogP contribution in [0.3, 0.4) is 0 Å². The number of aryl methyl sites for hydroxylation is 1. The number of benzene rings is 1. The largest absolute Gasteiger partial charge is 0.0654 e. The van der Waals surface area contributed by atoms with Crippen LogP contribution in [0.25, 0.3) is 0 Å². The molecule has 0 heteroatoms. The molecule has 0 fully saturated rings. The minimum absolute atomic E-state index is 0.785. The van der Waals surface area contributed by atoms with Gasteiger partial charge >= 0.3 is 0 Å². The highest BCUT2D eigenvalue weighted by Crippen LogP contribution is 2.34. The van der Waals surface area contributed by atoms with Crippen LogP contribution >= 0.6 is 0 Å². The molecule has 0 radical (unpaired) electrons. The van der Waals surface area contributed by atoms with Crippen LogP contribution in [-0.2, 0) is 12.8 Å². The molecular formula is C67H128. The summed E-state index contributed by atoms with van der Waals surface area (Å²) in [6, 6.07) is 7.62. The lowest BCUT2D eigenvalue weighted by Gasteiger charge is -2.24. The van der Waals surface area contributed by atoms with Crippen molar-refractivity contribution in [2.24, 2.45) is 0 Å². The smallest absolute Gasteiger partial charge is 0.0159 e. The van der Waals surface area contributed by atoms with Crippen molar-refractivity contribution in [3.8, 4) is 0 Å². The normalized spacial score (nSPS) is 12.2. The van der Waals surface area contributed by atoms with E-state index < -0.39 is 0 Å². The SMILES string of the molecule is CCCCCCCCCCCCCCCCCCCCCCCCCCCCCCCCCC(CCCCCCCCCCC)c1cccc(CCCCCCCC)c1CCCCCCCC. The maximum Gasteiger partial charge on any atom is -0.0159 e. The number of unbranched alkanes of at least 4 members (excludes halogenated alkanes) is 48. The lowest BCUT2D eigenvalue weighted by atomic mass is 9.81. The van der Waals surface area contributed by atoms with Gasteiger partial charge in [-0.1, -0.05) is 367 Å².